The van der Waals surface area contributed by atoms with Crippen molar-refractivity contribution in [3.05, 3.63) is 130 Å². The molecule has 4 aromatic carbocycles. The Morgan fingerprint density at radius 2 is 1.70 bits per heavy atom. The summed E-state index contributed by atoms with van der Waals surface area (Å²) in [6, 6.07) is 29.1. The molecule has 7 rings (SSSR count). The summed E-state index contributed by atoms with van der Waals surface area (Å²) >= 11 is 2.72. The highest BCUT2D eigenvalue weighted by atomic mass is 32.2. The Balaban J connectivity index is 1.25. The third-order valence-electron chi connectivity index (χ3n) is 7.77. The Kier molecular flexibility index (Phi) is 8.64. The first-order chi connectivity index (χ1) is 22.9. The van der Waals surface area contributed by atoms with Crippen LogP contribution in [0.5, 0.6) is 17.2 Å². The second-order valence-electron chi connectivity index (χ2n) is 11.0. The predicted molar refractivity (Wildman–Crippen MR) is 180 cm³/mol. The van der Waals surface area contributed by atoms with Gasteiger partial charge >= 0.3 is 5.91 Å². The van der Waals surface area contributed by atoms with Gasteiger partial charge in [0.25, 0.3) is 5.78 Å². The van der Waals surface area contributed by atoms with E-state index >= 15 is 0 Å². The fourth-order valence-electron chi connectivity index (χ4n) is 5.39. The van der Waals surface area contributed by atoms with Gasteiger partial charge in [0.05, 0.1) is 11.6 Å². The molecule has 1 saturated heterocycles. The first-order valence-electron chi connectivity index (χ1n) is 14.9. The molecule has 1 atom stereocenters. The van der Waals surface area contributed by atoms with Gasteiger partial charge in [-0.15, -0.1) is 10.2 Å². The quantitative estimate of drug-likeness (QED) is 0.0580. The number of ether oxygens (including phenoxy) is 3. The summed E-state index contributed by atoms with van der Waals surface area (Å²) in [5.74, 6) is 0.226. The van der Waals surface area contributed by atoms with E-state index < -0.39 is 17.7 Å². The van der Waals surface area contributed by atoms with E-state index in [2.05, 4.69) is 34.5 Å². The minimum absolute atomic E-state index is 0.0732. The van der Waals surface area contributed by atoms with Crippen molar-refractivity contribution in [3.8, 4) is 17.2 Å². The second kappa shape index (κ2) is 13.3. The lowest BCUT2D eigenvalue weighted by molar-refractivity contribution is -0.132. The van der Waals surface area contributed by atoms with Crippen LogP contribution in [0.4, 0.5) is 5.13 Å². The number of aryl methyl sites for hydroxylation is 1. The van der Waals surface area contributed by atoms with E-state index in [9.17, 15) is 14.7 Å². The zero-order chi connectivity index (χ0) is 32.3. The van der Waals surface area contributed by atoms with Gasteiger partial charge in [0, 0.05) is 11.3 Å². The number of hydrogen-bond acceptors (Lipinski definition) is 10. The normalized spacial score (nSPS) is 16.8. The molecule has 9 nitrogen and oxygen atoms in total. The molecule has 2 aliphatic heterocycles. The molecule has 0 aliphatic carbocycles. The Bertz CT molecular complexity index is 1980. The van der Waals surface area contributed by atoms with Crippen LogP contribution in [-0.4, -0.2) is 40.2 Å². The van der Waals surface area contributed by atoms with Gasteiger partial charge in [-0.3, -0.25) is 14.5 Å². The fraction of sp³-hybridized carbons (Fsp3) is 0.167. The van der Waals surface area contributed by atoms with Gasteiger partial charge in [0.2, 0.25) is 5.13 Å². The standard InChI is InChI=1S/C36H29N3O6S2/c1-22-10-12-24(13-11-22)21-46-36-38-37-35(47-36)39-31(25-8-5-9-27(18-25)45-20-23-6-3-2-4-7-23)30(33(41)34(39)42)32(40)26-14-15-28-29(19-26)44-17-16-43-28/h2-15,18-19,31,40H,16-17,20-21H2,1H3/t31-/m0/s1. The zero-order valence-electron chi connectivity index (χ0n) is 25.3. The molecule has 0 radical (unpaired) electrons. The summed E-state index contributed by atoms with van der Waals surface area (Å²) in [6.45, 7) is 3.15. The monoisotopic (exact) mass is 663 g/mol. The van der Waals surface area contributed by atoms with Crippen molar-refractivity contribution in [1.29, 1.82) is 0 Å². The van der Waals surface area contributed by atoms with E-state index in [0.29, 0.717) is 58.3 Å². The predicted octanol–water partition coefficient (Wildman–Crippen LogP) is 7.12. The molecular formula is C36H29N3O6S2. The highest BCUT2D eigenvalue weighted by Gasteiger charge is 2.48. The van der Waals surface area contributed by atoms with Crippen LogP contribution in [0.1, 0.15) is 33.9 Å². The van der Waals surface area contributed by atoms with Gasteiger partial charge in [-0.1, -0.05) is 95.4 Å². The van der Waals surface area contributed by atoms with Gasteiger partial charge < -0.3 is 19.3 Å². The van der Waals surface area contributed by atoms with Crippen LogP contribution in [-0.2, 0) is 21.9 Å². The average molecular weight is 664 g/mol. The number of nitrogens with zero attached hydrogens (tertiary/aromatic N) is 3. The summed E-state index contributed by atoms with van der Waals surface area (Å²) in [5.41, 5.74) is 4.11. The van der Waals surface area contributed by atoms with E-state index in [1.54, 1.807) is 36.4 Å². The summed E-state index contributed by atoms with van der Waals surface area (Å²) in [6.07, 6.45) is 0. The molecule has 0 unspecified atom stereocenters. The molecule has 0 spiro atoms. The third-order valence-corrected chi connectivity index (χ3v) is 9.89. The molecular weight excluding hydrogens is 635 g/mol. The van der Waals surface area contributed by atoms with Crippen molar-refractivity contribution in [3.63, 3.8) is 0 Å². The lowest BCUT2D eigenvalue weighted by Gasteiger charge is -2.23. The zero-order valence-corrected chi connectivity index (χ0v) is 26.9. The molecule has 5 aromatic rings. The minimum atomic E-state index is -0.994. The smallest absolute Gasteiger partial charge is 0.301 e. The Morgan fingerprint density at radius 3 is 2.51 bits per heavy atom. The molecule has 2 aliphatic rings. The van der Waals surface area contributed by atoms with Crippen LogP contribution in [0.15, 0.2) is 107 Å². The van der Waals surface area contributed by atoms with Crippen molar-refractivity contribution in [2.24, 2.45) is 0 Å². The van der Waals surface area contributed by atoms with Crippen molar-refractivity contribution in [2.45, 2.75) is 29.7 Å². The molecule has 0 saturated carbocycles. The lowest BCUT2D eigenvalue weighted by Crippen LogP contribution is -2.29. The topological polar surface area (TPSA) is 111 Å². The Morgan fingerprint density at radius 1 is 0.915 bits per heavy atom. The summed E-state index contributed by atoms with van der Waals surface area (Å²) in [5, 5.41) is 20.6. The van der Waals surface area contributed by atoms with Crippen LogP contribution in [0.3, 0.4) is 0 Å². The first kappa shape index (κ1) is 30.5. The number of aliphatic hydroxyl groups is 1. The molecule has 3 heterocycles. The highest BCUT2D eigenvalue weighted by Crippen LogP contribution is 2.45. The van der Waals surface area contributed by atoms with Gasteiger partial charge in [0.1, 0.15) is 31.3 Å². The maximum absolute atomic E-state index is 13.8. The molecule has 1 aromatic heterocycles. The van der Waals surface area contributed by atoms with E-state index in [1.807, 2.05) is 43.3 Å². The summed E-state index contributed by atoms with van der Waals surface area (Å²) in [4.78, 5) is 28.9. The van der Waals surface area contributed by atoms with E-state index in [0.717, 1.165) is 11.1 Å². The Labute approximate surface area is 279 Å². The number of Topliss-reactive ketones (excluding diaryl/α,β-unsaturated/α-hetero) is 1. The summed E-state index contributed by atoms with van der Waals surface area (Å²) < 4.78 is 18.1. The Hall–Kier alpha value is -5.13. The van der Waals surface area contributed by atoms with Crippen molar-refractivity contribution in [2.75, 3.05) is 18.1 Å². The number of ketones is 1. The van der Waals surface area contributed by atoms with E-state index in [4.69, 9.17) is 14.2 Å². The van der Waals surface area contributed by atoms with E-state index in [1.165, 1.54) is 33.6 Å². The SMILES string of the molecule is Cc1ccc(CSc2nnc(N3C(=O)C(=O)C(=C(O)c4ccc5c(c4)OCCO5)[C@@H]3c3cccc(OCc4ccccc4)c3)s2)cc1. The number of carbonyl (C=O) groups is 2. The minimum Gasteiger partial charge on any atom is -0.507 e. The number of rotatable bonds is 9. The van der Waals surface area contributed by atoms with Gasteiger partial charge in [-0.25, -0.2) is 0 Å². The second-order valence-corrected chi connectivity index (χ2v) is 13.2. The fourth-order valence-corrected chi connectivity index (χ4v) is 7.22. The van der Waals surface area contributed by atoms with Crippen LogP contribution >= 0.6 is 23.1 Å². The maximum Gasteiger partial charge on any atom is 0.301 e. The first-order valence-corrected chi connectivity index (χ1v) is 16.7. The summed E-state index contributed by atoms with van der Waals surface area (Å²) in [7, 11) is 0. The molecule has 1 amide bonds. The number of benzene rings is 4. The van der Waals surface area contributed by atoms with Crippen LogP contribution in [0.2, 0.25) is 0 Å². The maximum atomic E-state index is 13.8. The van der Waals surface area contributed by atoms with Gasteiger partial charge in [-0.2, -0.15) is 0 Å². The molecule has 47 heavy (non-hydrogen) atoms. The van der Waals surface area contributed by atoms with Crippen molar-refractivity contribution in [1.82, 2.24) is 10.2 Å². The molecule has 0 bridgehead atoms. The number of aromatic nitrogens is 2. The van der Waals surface area contributed by atoms with Crippen LogP contribution in [0.25, 0.3) is 5.76 Å². The van der Waals surface area contributed by atoms with Gasteiger partial charge in [0.15, 0.2) is 15.8 Å². The van der Waals surface area contributed by atoms with Gasteiger partial charge in [-0.05, 0) is 53.9 Å². The molecule has 11 heteroatoms. The largest absolute Gasteiger partial charge is 0.507 e. The number of amides is 1. The van der Waals surface area contributed by atoms with Crippen LogP contribution in [0, 0.1) is 6.92 Å². The van der Waals surface area contributed by atoms with E-state index in [-0.39, 0.29) is 16.5 Å². The molecule has 236 valence electrons. The van der Waals surface area contributed by atoms with Crippen LogP contribution < -0.4 is 19.1 Å². The average Bonchev–Trinajstić information content (AvgIpc) is 3.68. The number of fused-ring (bicyclic) bond motifs is 1. The van der Waals surface area contributed by atoms with Crippen molar-refractivity contribution < 1.29 is 28.9 Å². The number of aliphatic hydroxyl groups excluding tert-OH is 1. The highest BCUT2D eigenvalue weighted by molar-refractivity contribution is 8.00. The number of thioether (sulfide) groups is 1. The molecule has 1 N–H and O–H groups in total. The third kappa shape index (κ3) is 6.45. The lowest BCUT2D eigenvalue weighted by atomic mass is 9.95. The number of carbonyl (C=O) groups excluding carboxylic acids is 2. The number of hydrogen-bond donors (Lipinski definition) is 1. The molecule has 1 fully saturated rings. The number of anilines is 1. The van der Waals surface area contributed by atoms with Crippen molar-refractivity contribution >= 4 is 45.7 Å².